The Morgan fingerprint density at radius 1 is 1.41 bits per heavy atom. The summed E-state index contributed by atoms with van der Waals surface area (Å²) in [5.74, 6) is 1.03. The van der Waals surface area contributed by atoms with Gasteiger partial charge < -0.3 is 10.0 Å². The van der Waals surface area contributed by atoms with Crippen molar-refractivity contribution in [1.29, 1.82) is 0 Å². The fraction of sp³-hybridized carbons (Fsp3) is 0.545. The summed E-state index contributed by atoms with van der Waals surface area (Å²) in [5, 5.41) is 18.1. The molecule has 1 N–H and O–H groups in total. The molecule has 0 spiro atoms. The predicted octanol–water partition coefficient (Wildman–Crippen LogP) is 0.331. The Morgan fingerprint density at radius 3 is 2.88 bits per heavy atom. The van der Waals surface area contributed by atoms with E-state index in [1.54, 1.807) is 12.5 Å². The van der Waals surface area contributed by atoms with Crippen LogP contribution >= 0.6 is 0 Å². The third-order valence-electron chi connectivity index (χ3n) is 3.50. The van der Waals surface area contributed by atoms with E-state index >= 15 is 0 Å². The fourth-order valence-corrected chi connectivity index (χ4v) is 2.10. The number of hydrogen-bond donors (Lipinski definition) is 1. The average Bonchev–Trinajstić information content (AvgIpc) is 2.72. The van der Waals surface area contributed by atoms with Gasteiger partial charge in [-0.2, -0.15) is 0 Å². The van der Waals surface area contributed by atoms with E-state index in [0.717, 1.165) is 11.5 Å². The van der Waals surface area contributed by atoms with Crippen LogP contribution in [0.4, 0.5) is 5.82 Å². The molecule has 2 aromatic heterocycles. The van der Waals surface area contributed by atoms with Gasteiger partial charge in [0.05, 0.1) is 13.1 Å². The van der Waals surface area contributed by atoms with E-state index in [4.69, 9.17) is 0 Å². The highest BCUT2D eigenvalue weighted by Crippen LogP contribution is 2.32. The van der Waals surface area contributed by atoms with Crippen molar-refractivity contribution in [3.63, 3.8) is 0 Å². The van der Waals surface area contributed by atoms with Gasteiger partial charge in [-0.05, 0) is 5.92 Å². The molecule has 3 rings (SSSR count). The highest BCUT2D eigenvalue weighted by molar-refractivity contribution is 5.65. The van der Waals surface area contributed by atoms with Crippen molar-refractivity contribution < 1.29 is 5.11 Å². The fourth-order valence-electron chi connectivity index (χ4n) is 2.10. The maximum Gasteiger partial charge on any atom is 0.203 e. The highest BCUT2D eigenvalue weighted by Gasteiger charge is 2.44. The molecule has 6 nitrogen and oxygen atoms in total. The lowest BCUT2D eigenvalue weighted by molar-refractivity contribution is -0.0303. The molecule has 0 amide bonds. The Labute approximate surface area is 98.9 Å². The van der Waals surface area contributed by atoms with Crippen molar-refractivity contribution >= 4 is 11.5 Å². The SMILES string of the molecule is CC(C)C1(O)CN(c2nccn3cnnc23)C1. The van der Waals surface area contributed by atoms with E-state index in [2.05, 4.69) is 15.2 Å². The second-order valence-electron chi connectivity index (χ2n) is 4.93. The van der Waals surface area contributed by atoms with Gasteiger partial charge in [-0.3, -0.25) is 4.40 Å². The quantitative estimate of drug-likeness (QED) is 0.809. The molecule has 2 aromatic rings. The largest absolute Gasteiger partial charge is 0.386 e. The van der Waals surface area contributed by atoms with E-state index in [-0.39, 0.29) is 5.92 Å². The van der Waals surface area contributed by atoms with Gasteiger partial charge in [0, 0.05) is 12.4 Å². The van der Waals surface area contributed by atoms with Crippen molar-refractivity contribution in [3.05, 3.63) is 18.7 Å². The van der Waals surface area contributed by atoms with Gasteiger partial charge in [0.2, 0.25) is 5.65 Å². The molecule has 0 unspecified atom stereocenters. The molecule has 0 bridgehead atoms. The Kier molecular flexibility index (Phi) is 2.09. The zero-order valence-corrected chi connectivity index (χ0v) is 9.91. The maximum atomic E-state index is 10.2. The molecular weight excluding hydrogens is 218 g/mol. The Morgan fingerprint density at radius 2 is 2.18 bits per heavy atom. The third kappa shape index (κ3) is 1.48. The predicted molar refractivity (Wildman–Crippen MR) is 62.8 cm³/mol. The molecule has 1 saturated heterocycles. The van der Waals surface area contributed by atoms with Crippen molar-refractivity contribution in [2.45, 2.75) is 19.4 Å². The minimum Gasteiger partial charge on any atom is -0.386 e. The smallest absolute Gasteiger partial charge is 0.203 e. The maximum absolute atomic E-state index is 10.2. The minimum absolute atomic E-state index is 0.247. The van der Waals surface area contributed by atoms with Gasteiger partial charge in [-0.1, -0.05) is 13.8 Å². The molecular formula is C11H15N5O. The zero-order valence-electron chi connectivity index (χ0n) is 9.91. The monoisotopic (exact) mass is 233 g/mol. The summed E-state index contributed by atoms with van der Waals surface area (Å²) in [6, 6.07) is 0. The van der Waals surface area contributed by atoms with Crippen LogP contribution in [0.1, 0.15) is 13.8 Å². The number of aliphatic hydroxyl groups is 1. The summed E-state index contributed by atoms with van der Waals surface area (Å²) in [7, 11) is 0. The standard InChI is InChI=1S/C11H15N5O/c1-8(2)11(17)5-16(6-11)9-10-14-13-7-15(10)4-3-12-9/h3-4,7-8,17H,5-6H2,1-2H3. The summed E-state index contributed by atoms with van der Waals surface area (Å²) in [6.07, 6.45) is 5.18. The molecule has 6 heteroatoms. The normalized spacial score (nSPS) is 18.7. The van der Waals surface area contributed by atoms with Crippen molar-refractivity contribution in [2.75, 3.05) is 18.0 Å². The number of β-amino-alcohol motifs (C(OH)–C–C–N with tert-alkyl or cyclic N) is 1. The summed E-state index contributed by atoms with van der Waals surface area (Å²) in [5.41, 5.74) is 0.132. The van der Waals surface area contributed by atoms with E-state index in [1.807, 2.05) is 29.3 Å². The Balaban J connectivity index is 1.90. The summed E-state index contributed by atoms with van der Waals surface area (Å²) < 4.78 is 1.83. The molecule has 1 fully saturated rings. The lowest BCUT2D eigenvalue weighted by Crippen LogP contribution is -2.65. The molecule has 17 heavy (non-hydrogen) atoms. The first-order valence-electron chi connectivity index (χ1n) is 5.72. The van der Waals surface area contributed by atoms with Crippen LogP contribution in [0, 0.1) is 5.92 Å². The summed E-state index contributed by atoms with van der Waals surface area (Å²) in [6.45, 7) is 5.26. The molecule has 0 atom stereocenters. The number of hydrogen-bond acceptors (Lipinski definition) is 5. The number of fused-ring (bicyclic) bond motifs is 1. The number of aromatic nitrogens is 4. The van der Waals surface area contributed by atoms with Gasteiger partial charge in [-0.25, -0.2) is 4.98 Å². The van der Waals surface area contributed by atoms with Gasteiger partial charge in [0.1, 0.15) is 11.9 Å². The second-order valence-corrected chi connectivity index (χ2v) is 4.93. The number of nitrogens with zero attached hydrogens (tertiary/aromatic N) is 5. The Hall–Kier alpha value is -1.69. The molecule has 0 radical (unpaired) electrons. The van der Waals surface area contributed by atoms with Crippen LogP contribution in [0.15, 0.2) is 18.7 Å². The molecule has 0 saturated carbocycles. The van der Waals surface area contributed by atoms with Crippen LogP contribution in [0.25, 0.3) is 5.65 Å². The summed E-state index contributed by atoms with van der Waals surface area (Å²) in [4.78, 5) is 6.35. The second kappa shape index (κ2) is 3.40. The molecule has 1 aliphatic heterocycles. The first-order chi connectivity index (χ1) is 8.10. The van der Waals surface area contributed by atoms with Crippen LogP contribution in [-0.4, -0.2) is 43.4 Å². The lowest BCUT2D eigenvalue weighted by atomic mass is 9.83. The van der Waals surface area contributed by atoms with Gasteiger partial charge >= 0.3 is 0 Å². The van der Waals surface area contributed by atoms with Crippen molar-refractivity contribution in [2.24, 2.45) is 5.92 Å². The van der Waals surface area contributed by atoms with Crippen LogP contribution < -0.4 is 4.90 Å². The molecule has 90 valence electrons. The molecule has 3 heterocycles. The van der Waals surface area contributed by atoms with E-state index in [0.29, 0.717) is 13.1 Å². The van der Waals surface area contributed by atoms with Crippen molar-refractivity contribution in [1.82, 2.24) is 19.6 Å². The average molecular weight is 233 g/mol. The van der Waals surface area contributed by atoms with Gasteiger partial charge in [-0.15, -0.1) is 10.2 Å². The number of anilines is 1. The number of rotatable bonds is 2. The molecule has 1 aliphatic rings. The minimum atomic E-state index is -0.603. The van der Waals surface area contributed by atoms with Crippen LogP contribution in [0.5, 0.6) is 0 Å². The summed E-state index contributed by atoms with van der Waals surface area (Å²) >= 11 is 0. The third-order valence-corrected chi connectivity index (χ3v) is 3.50. The topological polar surface area (TPSA) is 66.5 Å². The van der Waals surface area contributed by atoms with Gasteiger partial charge in [0.15, 0.2) is 5.82 Å². The molecule has 0 aromatic carbocycles. The van der Waals surface area contributed by atoms with E-state index < -0.39 is 5.60 Å². The first kappa shape index (κ1) is 10.5. The van der Waals surface area contributed by atoms with Gasteiger partial charge in [0.25, 0.3) is 0 Å². The Bertz CT molecular complexity index is 544. The zero-order chi connectivity index (χ0) is 12.0. The molecule has 0 aliphatic carbocycles. The van der Waals surface area contributed by atoms with Crippen LogP contribution in [0.3, 0.4) is 0 Å². The highest BCUT2D eigenvalue weighted by atomic mass is 16.3. The lowest BCUT2D eigenvalue weighted by Gasteiger charge is -2.49. The van der Waals surface area contributed by atoms with Crippen LogP contribution in [0.2, 0.25) is 0 Å². The van der Waals surface area contributed by atoms with E-state index in [1.165, 1.54) is 0 Å². The van der Waals surface area contributed by atoms with Crippen molar-refractivity contribution in [3.8, 4) is 0 Å². The first-order valence-corrected chi connectivity index (χ1v) is 5.72. The van der Waals surface area contributed by atoms with E-state index in [9.17, 15) is 5.11 Å². The van der Waals surface area contributed by atoms with Crippen LogP contribution in [-0.2, 0) is 0 Å².